The highest BCUT2D eigenvalue weighted by Crippen LogP contribution is 2.26. The molecule has 0 radical (unpaired) electrons. The smallest absolute Gasteiger partial charge is 0.330 e. The molecular formula is C6H6ClFN4O2S. The van der Waals surface area contributed by atoms with Gasteiger partial charge in [-0.2, -0.15) is 13.7 Å². The van der Waals surface area contributed by atoms with Crippen LogP contribution in [0.1, 0.15) is 12.7 Å². The SMILES string of the molecule is CC(F)(ON=CC(=O)Cl)c1nsc(N)n1. The monoisotopic (exact) mass is 252 g/mol. The number of hydrogen-bond donors (Lipinski definition) is 1. The summed E-state index contributed by atoms with van der Waals surface area (Å²) in [5.41, 5.74) is 5.26. The van der Waals surface area contributed by atoms with Crippen molar-refractivity contribution in [3.05, 3.63) is 5.82 Å². The van der Waals surface area contributed by atoms with Gasteiger partial charge < -0.3 is 10.6 Å². The number of nitrogen functional groups attached to an aromatic ring is 1. The summed E-state index contributed by atoms with van der Waals surface area (Å²) in [6.07, 6.45) is 0.620. The first-order chi connectivity index (χ1) is 6.92. The molecule has 1 unspecified atom stereocenters. The van der Waals surface area contributed by atoms with Gasteiger partial charge in [-0.1, -0.05) is 5.16 Å². The van der Waals surface area contributed by atoms with Crippen LogP contribution in [0, 0.1) is 0 Å². The minimum Gasteiger partial charge on any atom is -0.374 e. The molecule has 1 aromatic rings. The topological polar surface area (TPSA) is 90.5 Å². The van der Waals surface area contributed by atoms with Crippen molar-refractivity contribution in [2.24, 2.45) is 5.16 Å². The van der Waals surface area contributed by atoms with Crippen molar-refractivity contribution in [2.45, 2.75) is 12.8 Å². The highest BCUT2D eigenvalue weighted by molar-refractivity contribution is 7.09. The number of rotatable bonds is 4. The molecule has 0 fully saturated rings. The van der Waals surface area contributed by atoms with Gasteiger partial charge in [0.25, 0.3) is 5.24 Å². The second-order valence-corrected chi connectivity index (χ2v) is 3.66. The molecule has 1 aromatic heterocycles. The molecule has 0 saturated heterocycles. The van der Waals surface area contributed by atoms with Gasteiger partial charge in [-0.3, -0.25) is 4.79 Å². The van der Waals surface area contributed by atoms with E-state index in [9.17, 15) is 9.18 Å². The molecule has 9 heteroatoms. The molecule has 0 aliphatic carbocycles. The van der Waals surface area contributed by atoms with E-state index in [-0.39, 0.29) is 11.0 Å². The zero-order valence-corrected chi connectivity index (χ0v) is 9.05. The highest BCUT2D eigenvalue weighted by Gasteiger charge is 2.33. The van der Waals surface area contributed by atoms with E-state index in [4.69, 9.17) is 17.3 Å². The van der Waals surface area contributed by atoms with Gasteiger partial charge >= 0.3 is 5.85 Å². The summed E-state index contributed by atoms with van der Waals surface area (Å²) in [6.45, 7) is 1.03. The highest BCUT2D eigenvalue weighted by atomic mass is 35.5. The first-order valence-electron chi connectivity index (χ1n) is 3.61. The number of halogens is 2. The quantitative estimate of drug-likeness (QED) is 0.491. The fourth-order valence-electron chi connectivity index (χ4n) is 0.624. The number of alkyl halides is 1. The van der Waals surface area contributed by atoms with Crippen molar-refractivity contribution in [1.82, 2.24) is 9.36 Å². The van der Waals surface area contributed by atoms with Crippen LogP contribution in [-0.2, 0) is 15.5 Å². The van der Waals surface area contributed by atoms with E-state index >= 15 is 0 Å². The Labute approximate surface area is 93.0 Å². The number of nitrogens with zero attached hydrogens (tertiary/aromatic N) is 3. The Morgan fingerprint density at radius 1 is 1.87 bits per heavy atom. The van der Waals surface area contributed by atoms with Crippen LogP contribution in [0.3, 0.4) is 0 Å². The number of carbonyl (C=O) groups excluding carboxylic acids is 1. The van der Waals surface area contributed by atoms with Gasteiger partial charge in [0.2, 0.25) is 5.82 Å². The Morgan fingerprint density at radius 2 is 2.53 bits per heavy atom. The van der Waals surface area contributed by atoms with E-state index in [0.29, 0.717) is 6.21 Å². The molecule has 1 heterocycles. The van der Waals surface area contributed by atoms with Crippen LogP contribution >= 0.6 is 23.1 Å². The first-order valence-corrected chi connectivity index (χ1v) is 4.76. The van der Waals surface area contributed by atoms with E-state index < -0.39 is 11.1 Å². The van der Waals surface area contributed by atoms with Gasteiger partial charge in [0, 0.05) is 18.5 Å². The summed E-state index contributed by atoms with van der Waals surface area (Å²) in [7, 11) is 0. The van der Waals surface area contributed by atoms with Crippen molar-refractivity contribution < 1.29 is 14.0 Å². The summed E-state index contributed by atoms with van der Waals surface area (Å²) in [4.78, 5) is 18.2. The lowest BCUT2D eigenvalue weighted by Crippen LogP contribution is -2.19. The normalized spacial score (nSPS) is 15.1. The van der Waals surface area contributed by atoms with Gasteiger partial charge in [0.05, 0.1) is 0 Å². The van der Waals surface area contributed by atoms with Crippen LogP contribution in [0.4, 0.5) is 9.52 Å². The van der Waals surface area contributed by atoms with Crippen LogP contribution in [0.2, 0.25) is 0 Å². The second kappa shape index (κ2) is 4.49. The Hall–Kier alpha value is -1.28. The predicted octanol–water partition coefficient (Wildman–Crippen LogP) is 1.03. The van der Waals surface area contributed by atoms with Crippen molar-refractivity contribution in [2.75, 3.05) is 5.73 Å². The lowest BCUT2D eigenvalue weighted by atomic mass is 10.3. The largest absolute Gasteiger partial charge is 0.374 e. The number of anilines is 1. The summed E-state index contributed by atoms with van der Waals surface area (Å²) >= 11 is 5.74. The Morgan fingerprint density at radius 3 is 3.00 bits per heavy atom. The minimum atomic E-state index is -2.35. The Balaban J connectivity index is 2.71. The minimum absolute atomic E-state index is 0.106. The van der Waals surface area contributed by atoms with Gasteiger partial charge in [-0.25, -0.2) is 0 Å². The van der Waals surface area contributed by atoms with E-state index in [1.54, 1.807) is 0 Å². The average molecular weight is 253 g/mol. The van der Waals surface area contributed by atoms with Crippen LogP contribution in [0.15, 0.2) is 5.16 Å². The summed E-state index contributed by atoms with van der Waals surface area (Å²) in [5.74, 6) is -2.61. The molecule has 1 rings (SSSR count). The molecule has 6 nitrogen and oxygen atoms in total. The molecule has 2 N–H and O–H groups in total. The number of nitrogens with two attached hydrogens (primary N) is 1. The third-order valence-corrected chi connectivity index (χ3v) is 1.86. The Bertz CT molecular complexity index is 394. The molecule has 0 aromatic carbocycles. The Kier molecular flexibility index (Phi) is 3.53. The van der Waals surface area contributed by atoms with Crippen molar-refractivity contribution in [3.63, 3.8) is 0 Å². The maximum atomic E-state index is 13.6. The zero-order valence-electron chi connectivity index (χ0n) is 7.48. The lowest BCUT2D eigenvalue weighted by Gasteiger charge is -2.12. The van der Waals surface area contributed by atoms with E-state index in [1.807, 2.05) is 0 Å². The third-order valence-electron chi connectivity index (χ3n) is 1.22. The maximum absolute atomic E-state index is 13.6. The standard InChI is InChI=1S/C6H6ClFN4O2S/c1-6(8,14-10-2-3(7)13)4-11-5(9)15-12-4/h2H,1H3,(H2,9,11,12). The van der Waals surface area contributed by atoms with Gasteiger partial charge in [0.15, 0.2) is 5.13 Å². The van der Waals surface area contributed by atoms with Crippen molar-refractivity contribution in [1.29, 1.82) is 0 Å². The number of hydrogen-bond acceptors (Lipinski definition) is 7. The van der Waals surface area contributed by atoms with Crippen LogP contribution in [0.5, 0.6) is 0 Å². The fraction of sp³-hybridized carbons (Fsp3) is 0.333. The van der Waals surface area contributed by atoms with Crippen LogP contribution in [0.25, 0.3) is 0 Å². The molecule has 0 aliphatic rings. The number of aromatic nitrogens is 2. The van der Waals surface area contributed by atoms with Crippen molar-refractivity contribution >= 4 is 39.7 Å². The van der Waals surface area contributed by atoms with Gasteiger partial charge in [-0.15, -0.1) is 0 Å². The molecule has 0 aliphatic heterocycles. The number of carbonyl (C=O) groups is 1. The first kappa shape index (κ1) is 11.8. The average Bonchev–Trinajstić information content (AvgIpc) is 2.51. The molecule has 15 heavy (non-hydrogen) atoms. The zero-order chi connectivity index (χ0) is 11.5. The predicted molar refractivity (Wildman–Crippen MR) is 53.2 cm³/mol. The molecule has 0 saturated carbocycles. The van der Waals surface area contributed by atoms with E-state index in [2.05, 4.69) is 19.4 Å². The fourth-order valence-corrected chi connectivity index (χ4v) is 1.18. The van der Waals surface area contributed by atoms with Crippen molar-refractivity contribution in [3.8, 4) is 0 Å². The molecular weight excluding hydrogens is 247 g/mol. The third kappa shape index (κ3) is 3.40. The molecule has 0 bridgehead atoms. The van der Waals surface area contributed by atoms with E-state index in [0.717, 1.165) is 18.5 Å². The molecule has 0 spiro atoms. The second-order valence-electron chi connectivity index (χ2n) is 2.50. The van der Waals surface area contributed by atoms with Crippen LogP contribution in [-0.4, -0.2) is 20.8 Å². The molecule has 82 valence electrons. The summed E-state index contributed by atoms with van der Waals surface area (Å²) in [5, 5.41) is 2.26. The van der Waals surface area contributed by atoms with Crippen LogP contribution < -0.4 is 5.73 Å². The van der Waals surface area contributed by atoms with Gasteiger partial charge in [0.1, 0.15) is 6.21 Å². The van der Waals surface area contributed by atoms with E-state index in [1.165, 1.54) is 0 Å². The number of oxime groups is 1. The maximum Gasteiger partial charge on any atom is 0.330 e. The molecule has 1 atom stereocenters. The van der Waals surface area contributed by atoms with Gasteiger partial charge in [-0.05, 0) is 11.6 Å². The molecule has 0 amide bonds. The lowest BCUT2D eigenvalue weighted by molar-refractivity contribution is -0.143. The summed E-state index contributed by atoms with van der Waals surface area (Å²) < 4.78 is 17.2. The summed E-state index contributed by atoms with van der Waals surface area (Å²) in [6, 6.07) is 0.